The first kappa shape index (κ1) is 18.9. The molecule has 0 fully saturated rings. The summed E-state index contributed by atoms with van der Waals surface area (Å²) >= 11 is 17.9. The zero-order valence-electron chi connectivity index (χ0n) is 12.7. The van der Waals surface area contributed by atoms with E-state index in [9.17, 15) is 8.42 Å². The number of methoxy groups -OCH3 is 1. The normalized spacial score (nSPS) is 11.2. The number of hydrogen-bond donors (Lipinski definition) is 0. The van der Waals surface area contributed by atoms with Gasteiger partial charge in [-0.05, 0) is 36.4 Å². The average Bonchev–Trinajstić information content (AvgIpc) is 2.55. The molecular weight excluding hydrogens is 393 g/mol. The predicted molar refractivity (Wildman–Crippen MR) is 99.2 cm³/mol. The standard InChI is InChI=1S/C16H14Cl3NO3S/c1-3-8-20(11-4-6-13(17)14(18)9-11)24(21,22)12-5-7-16(23-2)15(19)10-12/h3-7,9-10H,1,8H2,2H3. The molecule has 0 bridgehead atoms. The Bertz CT molecular complexity index is 869. The fraction of sp³-hybridized carbons (Fsp3) is 0.125. The molecule has 2 rings (SSSR count). The Labute approximate surface area is 156 Å². The third-order valence-electron chi connectivity index (χ3n) is 3.20. The largest absolute Gasteiger partial charge is 0.495 e. The fourth-order valence-electron chi connectivity index (χ4n) is 2.03. The molecule has 0 atom stereocenters. The van der Waals surface area contributed by atoms with Crippen molar-refractivity contribution in [3.05, 3.63) is 64.1 Å². The van der Waals surface area contributed by atoms with Crippen molar-refractivity contribution in [3.8, 4) is 5.75 Å². The lowest BCUT2D eigenvalue weighted by Gasteiger charge is -2.23. The van der Waals surface area contributed by atoms with E-state index in [4.69, 9.17) is 39.5 Å². The minimum Gasteiger partial charge on any atom is -0.495 e. The van der Waals surface area contributed by atoms with Crippen LogP contribution in [0.15, 0.2) is 53.9 Å². The van der Waals surface area contributed by atoms with E-state index < -0.39 is 10.0 Å². The molecule has 0 aliphatic heterocycles. The Morgan fingerprint density at radius 1 is 1.08 bits per heavy atom. The first-order chi connectivity index (χ1) is 11.3. The molecule has 0 unspecified atom stereocenters. The molecule has 2 aromatic rings. The second kappa shape index (κ2) is 7.66. The van der Waals surface area contributed by atoms with E-state index in [1.165, 1.54) is 47.8 Å². The Hall–Kier alpha value is -1.40. The highest BCUT2D eigenvalue weighted by Gasteiger charge is 2.25. The summed E-state index contributed by atoms with van der Waals surface area (Å²) in [5.41, 5.74) is 0.372. The SMILES string of the molecule is C=CCN(c1ccc(Cl)c(Cl)c1)S(=O)(=O)c1ccc(OC)c(Cl)c1. The van der Waals surface area contributed by atoms with E-state index >= 15 is 0 Å². The van der Waals surface area contributed by atoms with Gasteiger partial charge in [0, 0.05) is 0 Å². The van der Waals surface area contributed by atoms with E-state index in [2.05, 4.69) is 6.58 Å². The quantitative estimate of drug-likeness (QED) is 0.632. The molecule has 0 aromatic heterocycles. The van der Waals surface area contributed by atoms with Gasteiger partial charge in [0.05, 0.1) is 39.3 Å². The first-order valence-corrected chi connectivity index (χ1v) is 9.31. The van der Waals surface area contributed by atoms with Crippen molar-refractivity contribution in [2.45, 2.75) is 4.90 Å². The highest BCUT2D eigenvalue weighted by atomic mass is 35.5. The van der Waals surface area contributed by atoms with Crippen LogP contribution >= 0.6 is 34.8 Å². The number of halogens is 3. The maximum absolute atomic E-state index is 13.0. The van der Waals surface area contributed by atoms with Gasteiger partial charge in [-0.3, -0.25) is 4.31 Å². The maximum Gasteiger partial charge on any atom is 0.264 e. The molecular formula is C16H14Cl3NO3S. The lowest BCUT2D eigenvalue weighted by molar-refractivity contribution is 0.414. The molecule has 0 radical (unpaired) electrons. The molecule has 24 heavy (non-hydrogen) atoms. The average molecular weight is 407 g/mol. The van der Waals surface area contributed by atoms with E-state index in [0.29, 0.717) is 16.5 Å². The van der Waals surface area contributed by atoms with Gasteiger partial charge in [-0.15, -0.1) is 6.58 Å². The minimum atomic E-state index is -3.87. The zero-order chi connectivity index (χ0) is 17.9. The van der Waals surface area contributed by atoms with E-state index in [0.717, 1.165) is 0 Å². The van der Waals surface area contributed by atoms with Gasteiger partial charge in [0.15, 0.2) is 0 Å². The third-order valence-corrected chi connectivity index (χ3v) is 6.02. The van der Waals surface area contributed by atoms with E-state index in [-0.39, 0.29) is 21.5 Å². The molecule has 8 heteroatoms. The zero-order valence-corrected chi connectivity index (χ0v) is 15.8. The summed E-state index contributed by atoms with van der Waals surface area (Å²) in [5.74, 6) is 0.389. The fourth-order valence-corrected chi connectivity index (χ4v) is 4.10. The van der Waals surface area contributed by atoms with Crippen molar-refractivity contribution in [2.24, 2.45) is 0 Å². The van der Waals surface area contributed by atoms with Gasteiger partial charge in [0.1, 0.15) is 5.75 Å². The molecule has 0 aliphatic rings. The van der Waals surface area contributed by atoms with Crippen molar-refractivity contribution in [1.82, 2.24) is 0 Å². The Balaban J connectivity index is 2.54. The van der Waals surface area contributed by atoms with Crippen LogP contribution in [-0.4, -0.2) is 22.1 Å². The van der Waals surface area contributed by atoms with Crippen LogP contribution < -0.4 is 9.04 Å². The maximum atomic E-state index is 13.0. The van der Waals surface area contributed by atoms with Crippen molar-refractivity contribution >= 4 is 50.5 Å². The van der Waals surface area contributed by atoms with Gasteiger partial charge in [-0.1, -0.05) is 40.9 Å². The number of rotatable bonds is 6. The monoisotopic (exact) mass is 405 g/mol. The Morgan fingerprint density at radius 3 is 2.33 bits per heavy atom. The summed E-state index contributed by atoms with van der Waals surface area (Å²) in [5, 5.41) is 0.793. The van der Waals surface area contributed by atoms with Crippen LogP contribution in [-0.2, 0) is 10.0 Å². The lowest BCUT2D eigenvalue weighted by Crippen LogP contribution is -2.31. The van der Waals surface area contributed by atoms with Crippen molar-refractivity contribution < 1.29 is 13.2 Å². The molecule has 0 spiro atoms. The van der Waals surface area contributed by atoms with Crippen molar-refractivity contribution in [2.75, 3.05) is 18.0 Å². The van der Waals surface area contributed by atoms with Crippen LogP contribution in [0.3, 0.4) is 0 Å². The molecule has 2 aromatic carbocycles. The topological polar surface area (TPSA) is 46.6 Å². The van der Waals surface area contributed by atoms with Gasteiger partial charge in [0.25, 0.3) is 10.0 Å². The van der Waals surface area contributed by atoms with Crippen LogP contribution in [0.2, 0.25) is 15.1 Å². The third kappa shape index (κ3) is 3.81. The summed E-state index contributed by atoms with van der Waals surface area (Å²) in [4.78, 5) is 0.0289. The van der Waals surface area contributed by atoms with Gasteiger partial charge in [-0.2, -0.15) is 0 Å². The van der Waals surface area contributed by atoms with Crippen LogP contribution in [0.25, 0.3) is 0 Å². The highest BCUT2D eigenvalue weighted by molar-refractivity contribution is 7.92. The number of nitrogens with zero attached hydrogens (tertiary/aromatic N) is 1. The van der Waals surface area contributed by atoms with Crippen LogP contribution in [0.4, 0.5) is 5.69 Å². The number of hydrogen-bond acceptors (Lipinski definition) is 3. The van der Waals surface area contributed by atoms with Crippen LogP contribution in [0.1, 0.15) is 0 Å². The van der Waals surface area contributed by atoms with Gasteiger partial charge in [-0.25, -0.2) is 8.42 Å². The Kier molecular flexibility index (Phi) is 6.04. The number of sulfonamides is 1. The van der Waals surface area contributed by atoms with Crippen LogP contribution in [0.5, 0.6) is 5.75 Å². The van der Waals surface area contributed by atoms with E-state index in [1.54, 1.807) is 6.07 Å². The van der Waals surface area contributed by atoms with Gasteiger partial charge in [0.2, 0.25) is 0 Å². The van der Waals surface area contributed by atoms with Crippen molar-refractivity contribution in [1.29, 1.82) is 0 Å². The van der Waals surface area contributed by atoms with Gasteiger partial charge >= 0.3 is 0 Å². The summed E-state index contributed by atoms with van der Waals surface area (Å²) in [7, 11) is -2.42. The van der Waals surface area contributed by atoms with Crippen LogP contribution in [0, 0.1) is 0 Å². The number of ether oxygens (including phenoxy) is 1. The summed E-state index contributed by atoms with van der Waals surface area (Å²) < 4.78 is 32.2. The number of anilines is 1. The van der Waals surface area contributed by atoms with Gasteiger partial charge < -0.3 is 4.74 Å². The molecule has 128 valence electrons. The molecule has 0 saturated carbocycles. The molecule has 4 nitrogen and oxygen atoms in total. The second-order valence-electron chi connectivity index (χ2n) is 4.72. The van der Waals surface area contributed by atoms with E-state index in [1.807, 2.05) is 0 Å². The summed E-state index contributed by atoms with van der Waals surface area (Å²) in [6.45, 7) is 3.67. The molecule has 0 heterocycles. The molecule has 0 N–H and O–H groups in total. The summed E-state index contributed by atoms with van der Waals surface area (Å²) in [6.07, 6.45) is 1.48. The van der Waals surface area contributed by atoms with Crippen molar-refractivity contribution in [3.63, 3.8) is 0 Å². The molecule has 0 saturated heterocycles. The lowest BCUT2D eigenvalue weighted by atomic mass is 10.3. The molecule has 0 aliphatic carbocycles. The second-order valence-corrected chi connectivity index (χ2v) is 7.80. The Morgan fingerprint density at radius 2 is 1.79 bits per heavy atom. The predicted octanol–water partition coefficient (Wildman–Crippen LogP) is 5.04. The smallest absolute Gasteiger partial charge is 0.264 e. The summed E-state index contributed by atoms with van der Waals surface area (Å²) in [6, 6.07) is 8.84. The first-order valence-electron chi connectivity index (χ1n) is 6.73. The molecule has 0 amide bonds. The highest BCUT2D eigenvalue weighted by Crippen LogP contribution is 2.32. The number of benzene rings is 2. The minimum absolute atomic E-state index is 0.0289.